The highest BCUT2D eigenvalue weighted by Crippen LogP contribution is 2.09. The van der Waals surface area contributed by atoms with E-state index in [1.54, 1.807) is 0 Å². The molecule has 0 radical (unpaired) electrons. The Morgan fingerprint density at radius 2 is 1.76 bits per heavy atom. The molecule has 2 amide bonds. The molecular weight excluding hydrogens is 264 g/mol. The molecule has 2 aromatic carbocycles. The molecule has 0 spiro atoms. The minimum atomic E-state index is -0.196. The van der Waals surface area contributed by atoms with E-state index in [0.29, 0.717) is 13.2 Å². The molecule has 21 heavy (non-hydrogen) atoms. The van der Waals surface area contributed by atoms with Crippen LogP contribution >= 0.6 is 0 Å². The maximum atomic E-state index is 11.7. The van der Waals surface area contributed by atoms with Gasteiger partial charge in [0.1, 0.15) is 5.75 Å². The summed E-state index contributed by atoms with van der Waals surface area (Å²) in [5, 5.41) is 5.59. The predicted molar refractivity (Wildman–Crippen MR) is 84.8 cm³/mol. The quantitative estimate of drug-likeness (QED) is 0.796. The number of anilines is 1. The second kappa shape index (κ2) is 7.94. The average Bonchev–Trinajstić information content (AvgIpc) is 2.50. The third kappa shape index (κ3) is 5.57. The number of hydrogen-bond acceptors (Lipinski definition) is 2. The largest absolute Gasteiger partial charge is 0.494 e. The van der Waals surface area contributed by atoms with Crippen LogP contribution in [-0.2, 0) is 0 Å². The van der Waals surface area contributed by atoms with Crippen molar-refractivity contribution in [1.29, 1.82) is 0 Å². The van der Waals surface area contributed by atoms with Crippen LogP contribution in [0.3, 0.4) is 0 Å². The normalized spacial score (nSPS) is 9.95. The lowest BCUT2D eigenvalue weighted by molar-refractivity contribution is 0.250. The minimum Gasteiger partial charge on any atom is -0.494 e. The molecule has 0 aliphatic rings. The number of benzene rings is 2. The Kier molecular flexibility index (Phi) is 5.64. The second-order valence-electron chi connectivity index (χ2n) is 4.76. The highest BCUT2D eigenvalue weighted by atomic mass is 16.5. The zero-order valence-electron chi connectivity index (χ0n) is 12.1. The zero-order valence-corrected chi connectivity index (χ0v) is 12.1. The Morgan fingerprint density at radius 1 is 1.05 bits per heavy atom. The van der Waals surface area contributed by atoms with Gasteiger partial charge in [0.15, 0.2) is 0 Å². The predicted octanol–water partition coefficient (Wildman–Crippen LogP) is 3.59. The van der Waals surface area contributed by atoms with Crippen molar-refractivity contribution in [3.8, 4) is 5.75 Å². The number of nitrogens with one attached hydrogen (secondary N) is 2. The molecule has 4 nitrogen and oxygen atoms in total. The number of aryl methyl sites for hydroxylation is 1. The molecule has 0 atom stereocenters. The molecule has 0 unspecified atom stereocenters. The van der Waals surface area contributed by atoms with Crippen LogP contribution in [0, 0.1) is 6.92 Å². The van der Waals surface area contributed by atoms with Gasteiger partial charge in [0, 0.05) is 12.2 Å². The first-order chi connectivity index (χ1) is 10.2. The zero-order chi connectivity index (χ0) is 14.9. The lowest BCUT2D eigenvalue weighted by Crippen LogP contribution is -2.30. The van der Waals surface area contributed by atoms with Crippen LogP contribution in [0.1, 0.15) is 12.0 Å². The van der Waals surface area contributed by atoms with Crippen LogP contribution < -0.4 is 15.4 Å². The second-order valence-corrected chi connectivity index (χ2v) is 4.76. The Bertz CT molecular complexity index is 553. The van der Waals surface area contributed by atoms with Gasteiger partial charge in [-0.15, -0.1) is 0 Å². The number of urea groups is 1. The van der Waals surface area contributed by atoms with Gasteiger partial charge in [-0.05, 0) is 37.6 Å². The van der Waals surface area contributed by atoms with Crippen LogP contribution in [0.25, 0.3) is 0 Å². The lowest BCUT2D eigenvalue weighted by Gasteiger charge is -2.09. The number of ether oxygens (including phenoxy) is 1. The standard InChI is InChI=1S/C17H20N2O2/c1-14-8-10-15(11-9-14)19-17(20)18-12-5-13-21-16-6-3-2-4-7-16/h2-4,6-11H,5,12-13H2,1H3,(H2,18,19,20). The third-order valence-electron chi connectivity index (χ3n) is 2.93. The van der Waals surface area contributed by atoms with E-state index in [2.05, 4.69) is 10.6 Å². The number of rotatable bonds is 6. The van der Waals surface area contributed by atoms with E-state index in [1.807, 2.05) is 61.5 Å². The molecule has 4 heteroatoms. The summed E-state index contributed by atoms with van der Waals surface area (Å²) in [5.74, 6) is 0.849. The average molecular weight is 284 g/mol. The summed E-state index contributed by atoms with van der Waals surface area (Å²) in [6.45, 7) is 3.16. The van der Waals surface area contributed by atoms with Crippen molar-refractivity contribution in [3.63, 3.8) is 0 Å². The van der Waals surface area contributed by atoms with Gasteiger partial charge in [-0.2, -0.15) is 0 Å². The number of para-hydroxylation sites is 1. The van der Waals surface area contributed by atoms with E-state index in [1.165, 1.54) is 5.56 Å². The molecule has 0 bridgehead atoms. The van der Waals surface area contributed by atoms with Gasteiger partial charge in [-0.3, -0.25) is 0 Å². The van der Waals surface area contributed by atoms with Gasteiger partial charge in [0.25, 0.3) is 0 Å². The van der Waals surface area contributed by atoms with E-state index in [-0.39, 0.29) is 6.03 Å². The summed E-state index contributed by atoms with van der Waals surface area (Å²) in [7, 11) is 0. The summed E-state index contributed by atoms with van der Waals surface area (Å²) in [5.41, 5.74) is 1.96. The molecule has 0 saturated heterocycles. The minimum absolute atomic E-state index is 0.196. The van der Waals surface area contributed by atoms with E-state index in [0.717, 1.165) is 17.9 Å². The number of carbonyl (C=O) groups is 1. The molecule has 0 aliphatic carbocycles. The SMILES string of the molecule is Cc1ccc(NC(=O)NCCCOc2ccccc2)cc1. The first-order valence-corrected chi connectivity index (χ1v) is 7.03. The highest BCUT2D eigenvalue weighted by Gasteiger charge is 2.00. The molecule has 2 aromatic rings. The Labute approximate surface area is 125 Å². The van der Waals surface area contributed by atoms with Crippen molar-refractivity contribution in [2.24, 2.45) is 0 Å². The first kappa shape index (κ1) is 14.9. The molecule has 110 valence electrons. The number of amides is 2. The Balaban J connectivity index is 1.60. The topological polar surface area (TPSA) is 50.4 Å². The van der Waals surface area contributed by atoms with Crippen molar-refractivity contribution in [2.75, 3.05) is 18.5 Å². The van der Waals surface area contributed by atoms with Gasteiger partial charge in [-0.25, -0.2) is 4.79 Å². The van der Waals surface area contributed by atoms with Crippen LogP contribution in [-0.4, -0.2) is 19.2 Å². The van der Waals surface area contributed by atoms with E-state index < -0.39 is 0 Å². The third-order valence-corrected chi connectivity index (χ3v) is 2.93. The summed E-state index contributed by atoms with van der Waals surface area (Å²) >= 11 is 0. The fourth-order valence-corrected chi connectivity index (χ4v) is 1.79. The fraction of sp³-hybridized carbons (Fsp3) is 0.235. The lowest BCUT2D eigenvalue weighted by atomic mass is 10.2. The summed E-state index contributed by atoms with van der Waals surface area (Å²) in [6, 6.07) is 17.1. The van der Waals surface area contributed by atoms with Crippen molar-refractivity contribution in [1.82, 2.24) is 5.32 Å². The summed E-state index contributed by atoms with van der Waals surface area (Å²) in [4.78, 5) is 11.7. The van der Waals surface area contributed by atoms with E-state index in [4.69, 9.17) is 4.74 Å². The smallest absolute Gasteiger partial charge is 0.319 e. The molecule has 2 rings (SSSR count). The van der Waals surface area contributed by atoms with Crippen molar-refractivity contribution in [2.45, 2.75) is 13.3 Å². The molecule has 0 fully saturated rings. The van der Waals surface area contributed by atoms with E-state index >= 15 is 0 Å². The van der Waals surface area contributed by atoms with Gasteiger partial charge in [-0.1, -0.05) is 35.9 Å². The van der Waals surface area contributed by atoms with Crippen LogP contribution in [0.2, 0.25) is 0 Å². The molecule has 0 saturated carbocycles. The van der Waals surface area contributed by atoms with Crippen molar-refractivity contribution in [3.05, 3.63) is 60.2 Å². The molecule has 2 N–H and O–H groups in total. The van der Waals surface area contributed by atoms with Crippen LogP contribution in [0.15, 0.2) is 54.6 Å². The van der Waals surface area contributed by atoms with Crippen LogP contribution in [0.4, 0.5) is 10.5 Å². The first-order valence-electron chi connectivity index (χ1n) is 7.03. The van der Waals surface area contributed by atoms with Gasteiger partial charge in [0.05, 0.1) is 6.61 Å². The summed E-state index contributed by atoms with van der Waals surface area (Å²) < 4.78 is 5.55. The molecule has 0 aliphatic heterocycles. The van der Waals surface area contributed by atoms with Gasteiger partial charge < -0.3 is 15.4 Å². The molecule has 0 heterocycles. The summed E-state index contributed by atoms with van der Waals surface area (Å²) in [6.07, 6.45) is 0.760. The monoisotopic (exact) mass is 284 g/mol. The maximum absolute atomic E-state index is 11.7. The number of carbonyl (C=O) groups excluding carboxylic acids is 1. The van der Waals surface area contributed by atoms with Gasteiger partial charge >= 0.3 is 6.03 Å². The molecular formula is C17H20N2O2. The number of hydrogen-bond donors (Lipinski definition) is 2. The van der Waals surface area contributed by atoms with Crippen molar-refractivity contribution >= 4 is 11.7 Å². The Hall–Kier alpha value is -2.49. The van der Waals surface area contributed by atoms with Gasteiger partial charge in [0.2, 0.25) is 0 Å². The maximum Gasteiger partial charge on any atom is 0.319 e. The Morgan fingerprint density at radius 3 is 2.48 bits per heavy atom. The van der Waals surface area contributed by atoms with Crippen molar-refractivity contribution < 1.29 is 9.53 Å². The highest BCUT2D eigenvalue weighted by molar-refractivity contribution is 5.89. The van der Waals surface area contributed by atoms with E-state index in [9.17, 15) is 4.79 Å². The molecule has 0 aromatic heterocycles. The van der Waals surface area contributed by atoms with Crippen LogP contribution in [0.5, 0.6) is 5.75 Å². The fourth-order valence-electron chi connectivity index (χ4n) is 1.79.